The molecule has 12 heavy (non-hydrogen) atoms. The van der Waals surface area contributed by atoms with Gasteiger partial charge < -0.3 is 8.23 Å². The van der Waals surface area contributed by atoms with Gasteiger partial charge in [-0.2, -0.15) is 0 Å². The lowest BCUT2D eigenvalue weighted by Gasteiger charge is -2.09. The van der Waals surface area contributed by atoms with E-state index in [-0.39, 0.29) is 0 Å². The molecule has 0 aliphatic carbocycles. The number of hydrogen-bond acceptors (Lipinski definition) is 2. The molecule has 0 amide bonds. The van der Waals surface area contributed by atoms with Crippen LogP contribution in [0, 0.1) is 0 Å². The Bertz CT molecular complexity index is 217. The molecule has 0 aliphatic heterocycles. The van der Waals surface area contributed by atoms with Crippen LogP contribution in [0.2, 0.25) is 6.55 Å². The fourth-order valence-corrected chi connectivity index (χ4v) is 4.80. The second-order valence-electron chi connectivity index (χ2n) is 2.60. The summed E-state index contributed by atoms with van der Waals surface area (Å²) in [5.41, 5.74) is 0. The van der Waals surface area contributed by atoms with Crippen molar-refractivity contribution in [2.45, 2.75) is 6.55 Å². The van der Waals surface area contributed by atoms with Crippen LogP contribution < -0.4 is 5.19 Å². The fraction of sp³-hybridized carbons (Fsp3) is 0.143. The average Bonchev–Trinajstić information content (AvgIpc) is 2.16. The first kappa shape index (κ1) is 9.88. The van der Waals surface area contributed by atoms with Crippen LogP contribution in [0.1, 0.15) is 0 Å². The molecule has 0 aliphatic rings. The molecule has 0 heterocycles. The standard InChI is InChI=1S/C7H14O2Si3/c1-12(8-10)9-11-7-5-3-2-4-6-7/h2-6,12H,11H2,1,10H3. The molecular formula is C7H14O2Si3. The van der Waals surface area contributed by atoms with Gasteiger partial charge in [0.25, 0.3) is 9.28 Å². The monoisotopic (exact) mass is 214 g/mol. The number of benzene rings is 1. The fourth-order valence-electron chi connectivity index (χ4n) is 0.856. The van der Waals surface area contributed by atoms with Crippen molar-refractivity contribution < 1.29 is 8.23 Å². The largest absolute Gasteiger partial charge is 0.447 e. The van der Waals surface area contributed by atoms with Gasteiger partial charge >= 0.3 is 0 Å². The van der Waals surface area contributed by atoms with Crippen molar-refractivity contribution in [1.82, 2.24) is 0 Å². The molecule has 0 aromatic heterocycles. The van der Waals surface area contributed by atoms with Gasteiger partial charge in [-0.15, -0.1) is 0 Å². The van der Waals surface area contributed by atoms with Gasteiger partial charge in [0.1, 0.15) is 10.5 Å². The molecule has 0 bridgehead atoms. The van der Waals surface area contributed by atoms with Crippen molar-refractivity contribution in [3.63, 3.8) is 0 Å². The van der Waals surface area contributed by atoms with E-state index in [0.717, 1.165) is 10.5 Å². The molecule has 1 aromatic rings. The SMILES string of the molecule is C[SiH](O[SiH3])O[SiH2]c1ccccc1. The molecule has 0 fully saturated rings. The minimum atomic E-state index is -1.23. The highest BCUT2D eigenvalue weighted by Crippen LogP contribution is 1.85. The van der Waals surface area contributed by atoms with E-state index in [4.69, 9.17) is 8.23 Å². The molecule has 1 atom stereocenters. The van der Waals surface area contributed by atoms with Crippen LogP contribution in [0.5, 0.6) is 0 Å². The lowest BCUT2D eigenvalue weighted by atomic mass is 10.4. The maximum absolute atomic E-state index is 5.67. The van der Waals surface area contributed by atoms with Gasteiger partial charge in [-0.05, 0) is 11.7 Å². The van der Waals surface area contributed by atoms with Crippen molar-refractivity contribution in [1.29, 1.82) is 0 Å². The third kappa shape index (κ3) is 3.46. The predicted molar refractivity (Wildman–Crippen MR) is 59.7 cm³/mol. The van der Waals surface area contributed by atoms with Crippen molar-refractivity contribution >= 4 is 34.7 Å². The zero-order valence-electron chi connectivity index (χ0n) is 7.49. The lowest BCUT2D eigenvalue weighted by molar-refractivity contribution is 0.476. The average molecular weight is 214 g/mol. The molecule has 0 saturated heterocycles. The Morgan fingerprint density at radius 3 is 2.58 bits per heavy atom. The molecule has 0 saturated carbocycles. The second kappa shape index (κ2) is 5.44. The summed E-state index contributed by atoms with van der Waals surface area (Å²) in [5, 5.41) is 1.36. The molecule has 5 heteroatoms. The van der Waals surface area contributed by atoms with Gasteiger partial charge in [0.15, 0.2) is 9.76 Å². The Morgan fingerprint density at radius 2 is 2.00 bits per heavy atom. The van der Waals surface area contributed by atoms with Gasteiger partial charge in [-0.3, -0.25) is 0 Å². The maximum Gasteiger partial charge on any atom is 0.296 e. The van der Waals surface area contributed by atoms with Crippen LogP contribution in [-0.4, -0.2) is 29.5 Å². The Morgan fingerprint density at radius 1 is 1.33 bits per heavy atom. The van der Waals surface area contributed by atoms with Gasteiger partial charge in [0, 0.05) is 0 Å². The molecule has 2 nitrogen and oxygen atoms in total. The summed E-state index contributed by atoms with van der Waals surface area (Å²) in [5.74, 6) is 0. The van der Waals surface area contributed by atoms with E-state index in [2.05, 4.69) is 30.8 Å². The highest BCUT2D eigenvalue weighted by Gasteiger charge is 2.01. The minimum Gasteiger partial charge on any atom is -0.447 e. The number of rotatable bonds is 4. The van der Waals surface area contributed by atoms with Gasteiger partial charge in [-0.1, -0.05) is 30.3 Å². The van der Waals surface area contributed by atoms with E-state index in [1.54, 1.807) is 0 Å². The Kier molecular flexibility index (Phi) is 4.48. The van der Waals surface area contributed by atoms with Crippen LogP contribution >= 0.6 is 0 Å². The normalized spacial score (nSPS) is 14.1. The van der Waals surface area contributed by atoms with Crippen molar-refractivity contribution in [2.75, 3.05) is 0 Å². The van der Waals surface area contributed by atoms with E-state index in [1.165, 1.54) is 5.19 Å². The zero-order chi connectivity index (χ0) is 8.81. The minimum absolute atomic E-state index is 0.511. The summed E-state index contributed by atoms with van der Waals surface area (Å²) in [7, 11) is -0.930. The summed E-state index contributed by atoms with van der Waals surface area (Å²) in [6.45, 7) is 2.09. The molecule has 0 radical (unpaired) electrons. The Labute approximate surface area is 80.2 Å². The summed E-state index contributed by atoms with van der Waals surface area (Å²) >= 11 is 0. The molecule has 66 valence electrons. The van der Waals surface area contributed by atoms with E-state index in [9.17, 15) is 0 Å². The highest BCUT2D eigenvalue weighted by atomic mass is 28.4. The van der Waals surface area contributed by atoms with Crippen LogP contribution in [0.4, 0.5) is 0 Å². The van der Waals surface area contributed by atoms with Gasteiger partial charge in [0.05, 0.1) is 0 Å². The summed E-state index contributed by atoms with van der Waals surface area (Å²) in [4.78, 5) is 0. The molecule has 0 N–H and O–H groups in total. The van der Waals surface area contributed by atoms with Crippen LogP contribution in [0.15, 0.2) is 30.3 Å². The molecule has 1 rings (SSSR count). The summed E-state index contributed by atoms with van der Waals surface area (Å²) in [6, 6.07) is 10.4. The van der Waals surface area contributed by atoms with Crippen LogP contribution in [0.25, 0.3) is 0 Å². The molecular weight excluding hydrogens is 200 g/mol. The van der Waals surface area contributed by atoms with E-state index in [1.807, 2.05) is 6.07 Å². The highest BCUT2D eigenvalue weighted by molar-refractivity contribution is 6.60. The van der Waals surface area contributed by atoms with Crippen molar-refractivity contribution in [3.05, 3.63) is 30.3 Å². The van der Waals surface area contributed by atoms with Gasteiger partial charge in [-0.25, -0.2) is 0 Å². The van der Waals surface area contributed by atoms with Crippen LogP contribution in [-0.2, 0) is 8.23 Å². The lowest BCUT2D eigenvalue weighted by Crippen LogP contribution is -2.26. The topological polar surface area (TPSA) is 18.5 Å². The van der Waals surface area contributed by atoms with Gasteiger partial charge in [0.2, 0.25) is 0 Å². The third-order valence-electron chi connectivity index (χ3n) is 1.66. The van der Waals surface area contributed by atoms with Crippen LogP contribution in [0.3, 0.4) is 0 Å². The zero-order valence-corrected chi connectivity index (χ0v) is 12.1. The van der Waals surface area contributed by atoms with Crippen molar-refractivity contribution in [2.24, 2.45) is 0 Å². The van der Waals surface area contributed by atoms with E-state index >= 15 is 0 Å². The third-order valence-corrected chi connectivity index (χ3v) is 7.66. The quantitative estimate of drug-likeness (QED) is 0.572. The molecule has 1 unspecified atom stereocenters. The van der Waals surface area contributed by atoms with E-state index < -0.39 is 19.0 Å². The summed E-state index contributed by atoms with van der Waals surface area (Å²) in [6.07, 6.45) is 0. The molecule has 0 spiro atoms. The molecule has 1 aromatic carbocycles. The predicted octanol–water partition coefficient (Wildman–Crippen LogP) is -1.44. The smallest absolute Gasteiger partial charge is 0.296 e. The summed E-state index contributed by atoms with van der Waals surface area (Å²) < 4.78 is 10.9. The number of hydrogen-bond donors (Lipinski definition) is 0. The maximum atomic E-state index is 5.67. The first-order valence-electron chi connectivity index (χ1n) is 4.01. The first-order valence-corrected chi connectivity index (χ1v) is 8.21. The Hall–Kier alpha value is -0.209. The Balaban J connectivity index is 2.33. The first-order chi connectivity index (χ1) is 5.83. The van der Waals surface area contributed by atoms with Crippen molar-refractivity contribution in [3.8, 4) is 0 Å². The second-order valence-corrected chi connectivity index (χ2v) is 8.06. The van der Waals surface area contributed by atoms with E-state index in [0.29, 0.717) is 0 Å².